The predicted molar refractivity (Wildman–Crippen MR) is 140 cm³/mol. The summed E-state index contributed by atoms with van der Waals surface area (Å²) in [6.45, 7) is 7.20. The number of aryl methyl sites for hydroxylation is 1. The number of benzene rings is 1. The molecule has 0 bridgehead atoms. The molecule has 10 heteroatoms. The number of hydrogen-bond acceptors (Lipinski definition) is 8. The summed E-state index contributed by atoms with van der Waals surface area (Å²) in [7, 11) is 1.98. The first-order valence-electron chi connectivity index (χ1n) is 12.1. The van der Waals surface area contributed by atoms with Crippen LogP contribution < -0.4 is 20.3 Å². The molecule has 186 valence electrons. The standard InChI is InChI=1S/C25H33N7O2S/c1-5-32(4)23-21(34-6-2)22(27-20-15-16(3)30-31-20)28-25(29-23)35-19-13-11-18(12-14-19)26-24(33)17-9-7-8-10-17/h11-15,17H,5-10H2,1-4H3,(H,26,33)(H2,27,28,29,30,31). The summed E-state index contributed by atoms with van der Waals surface area (Å²) in [4.78, 5) is 25.0. The number of hydrogen-bond donors (Lipinski definition) is 3. The maximum absolute atomic E-state index is 12.4. The van der Waals surface area contributed by atoms with Crippen LogP contribution in [-0.2, 0) is 4.79 Å². The lowest BCUT2D eigenvalue weighted by Crippen LogP contribution is -2.20. The first-order valence-corrected chi connectivity index (χ1v) is 12.9. The van der Waals surface area contributed by atoms with E-state index in [1.165, 1.54) is 11.8 Å². The molecule has 0 aliphatic heterocycles. The fourth-order valence-corrected chi connectivity index (χ4v) is 4.73. The molecule has 0 spiro atoms. The first-order chi connectivity index (χ1) is 17.0. The molecule has 1 amide bonds. The van der Waals surface area contributed by atoms with E-state index < -0.39 is 0 Å². The van der Waals surface area contributed by atoms with Crippen LogP contribution >= 0.6 is 11.8 Å². The number of nitrogens with zero attached hydrogens (tertiary/aromatic N) is 4. The molecule has 1 aliphatic carbocycles. The number of H-pyrrole nitrogens is 1. The van der Waals surface area contributed by atoms with Crippen LogP contribution in [-0.4, -0.2) is 46.3 Å². The Hall–Kier alpha value is -3.27. The molecule has 2 heterocycles. The van der Waals surface area contributed by atoms with Crippen molar-refractivity contribution in [2.45, 2.75) is 56.5 Å². The zero-order valence-electron chi connectivity index (χ0n) is 20.7. The van der Waals surface area contributed by atoms with Crippen LogP contribution in [0.5, 0.6) is 5.75 Å². The van der Waals surface area contributed by atoms with Crippen molar-refractivity contribution < 1.29 is 9.53 Å². The van der Waals surface area contributed by atoms with Gasteiger partial charge in [-0.25, -0.2) is 9.97 Å². The van der Waals surface area contributed by atoms with E-state index in [9.17, 15) is 4.79 Å². The lowest BCUT2D eigenvalue weighted by atomic mass is 10.1. The molecular formula is C25H33N7O2S. The van der Waals surface area contributed by atoms with Gasteiger partial charge in [0, 0.05) is 41.9 Å². The van der Waals surface area contributed by atoms with E-state index in [4.69, 9.17) is 14.7 Å². The number of amides is 1. The second-order valence-corrected chi connectivity index (χ2v) is 9.65. The molecule has 2 aromatic heterocycles. The normalized spacial score (nSPS) is 13.6. The number of carbonyl (C=O) groups is 1. The van der Waals surface area contributed by atoms with Gasteiger partial charge in [-0.2, -0.15) is 5.10 Å². The van der Waals surface area contributed by atoms with Gasteiger partial charge in [0.2, 0.25) is 11.7 Å². The number of aromatic amines is 1. The topological polar surface area (TPSA) is 108 Å². The quantitative estimate of drug-likeness (QED) is 0.322. The van der Waals surface area contributed by atoms with Gasteiger partial charge in [-0.3, -0.25) is 9.89 Å². The summed E-state index contributed by atoms with van der Waals surface area (Å²) >= 11 is 1.45. The van der Waals surface area contributed by atoms with Gasteiger partial charge in [-0.15, -0.1) is 0 Å². The van der Waals surface area contributed by atoms with Crippen molar-refractivity contribution in [3.63, 3.8) is 0 Å². The molecule has 1 fully saturated rings. The Labute approximate surface area is 210 Å². The molecule has 0 unspecified atom stereocenters. The summed E-state index contributed by atoms with van der Waals surface area (Å²) in [6, 6.07) is 9.71. The van der Waals surface area contributed by atoms with Gasteiger partial charge in [0.1, 0.15) is 0 Å². The van der Waals surface area contributed by atoms with E-state index in [0.717, 1.165) is 48.5 Å². The molecule has 9 nitrogen and oxygen atoms in total. The average Bonchev–Trinajstić information content (AvgIpc) is 3.53. The van der Waals surface area contributed by atoms with Crippen LogP contribution in [0.3, 0.4) is 0 Å². The molecule has 0 radical (unpaired) electrons. The van der Waals surface area contributed by atoms with Crippen molar-refractivity contribution in [3.05, 3.63) is 36.0 Å². The summed E-state index contributed by atoms with van der Waals surface area (Å²) in [5.41, 5.74) is 1.75. The molecule has 1 saturated carbocycles. The number of anilines is 4. The molecular weight excluding hydrogens is 462 g/mol. The Morgan fingerprint density at radius 2 is 1.94 bits per heavy atom. The first kappa shape index (κ1) is 24.8. The van der Waals surface area contributed by atoms with Crippen molar-refractivity contribution in [1.29, 1.82) is 0 Å². The van der Waals surface area contributed by atoms with Gasteiger partial charge in [0.15, 0.2) is 22.6 Å². The van der Waals surface area contributed by atoms with Crippen LogP contribution in [0.15, 0.2) is 40.4 Å². The minimum atomic E-state index is 0.120. The van der Waals surface area contributed by atoms with Crippen molar-refractivity contribution in [2.24, 2.45) is 5.92 Å². The third kappa shape index (κ3) is 6.25. The molecule has 1 aromatic carbocycles. The van der Waals surface area contributed by atoms with Crippen molar-refractivity contribution in [2.75, 3.05) is 35.7 Å². The second-order valence-electron chi connectivity index (χ2n) is 8.61. The number of rotatable bonds is 10. The lowest BCUT2D eigenvalue weighted by molar-refractivity contribution is -0.119. The monoisotopic (exact) mass is 495 g/mol. The smallest absolute Gasteiger partial charge is 0.227 e. The fourth-order valence-electron chi connectivity index (χ4n) is 3.98. The van der Waals surface area contributed by atoms with E-state index in [-0.39, 0.29) is 11.8 Å². The van der Waals surface area contributed by atoms with E-state index in [2.05, 4.69) is 27.8 Å². The summed E-state index contributed by atoms with van der Waals surface area (Å²) < 4.78 is 5.95. The molecule has 0 atom stereocenters. The highest BCUT2D eigenvalue weighted by Crippen LogP contribution is 2.38. The maximum atomic E-state index is 12.4. The van der Waals surface area contributed by atoms with E-state index in [0.29, 0.717) is 35.0 Å². The van der Waals surface area contributed by atoms with Crippen LogP contribution in [0, 0.1) is 12.8 Å². The van der Waals surface area contributed by atoms with Gasteiger partial charge in [0.25, 0.3) is 0 Å². The fraction of sp³-hybridized carbons (Fsp3) is 0.440. The zero-order valence-corrected chi connectivity index (χ0v) is 21.5. The van der Waals surface area contributed by atoms with Crippen LogP contribution in [0.1, 0.15) is 45.2 Å². The van der Waals surface area contributed by atoms with Crippen LogP contribution in [0.2, 0.25) is 0 Å². The van der Waals surface area contributed by atoms with Crippen LogP contribution in [0.4, 0.5) is 23.1 Å². The molecule has 0 saturated heterocycles. The number of ether oxygens (including phenoxy) is 1. The summed E-state index contributed by atoms with van der Waals surface area (Å²) in [6.07, 6.45) is 4.25. The second kappa shape index (κ2) is 11.4. The summed E-state index contributed by atoms with van der Waals surface area (Å²) in [5.74, 6) is 2.78. The van der Waals surface area contributed by atoms with Crippen LogP contribution in [0.25, 0.3) is 0 Å². The SMILES string of the molecule is CCOc1c(Nc2cc(C)[nH]n2)nc(Sc2ccc(NC(=O)C3CCCC3)cc2)nc1N(C)CC. The van der Waals surface area contributed by atoms with Gasteiger partial charge >= 0.3 is 0 Å². The Balaban J connectivity index is 1.57. The molecule has 1 aliphatic rings. The lowest BCUT2D eigenvalue weighted by Gasteiger charge is -2.22. The average molecular weight is 496 g/mol. The Bertz CT molecular complexity index is 1140. The molecule has 3 aromatic rings. The molecule has 35 heavy (non-hydrogen) atoms. The van der Waals surface area contributed by atoms with E-state index in [1.54, 1.807) is 0 Å². The number of aromatic nitrogens is 4. The highest BCUT2D eigenvalue weighted by Gasteiger charge is 2.23. The third-order valence-corrected chi connectivity index (χ3v) is 6.83. The van der Waals surface area contributed by atoms with Crippen molar-refractivity contribution in [3.8, 4) is 5.75 Å². The van der Waals surface area contributed by atoms with Gasteiger partial charge in [-0.05, 0) is 69.6 Å². The van der Waals surface area contributed by atoms with Gasteiger partial charge < -0.3 is 20.3 Å². The Morgan fingerprint density at radius 1 is 1.20 bits per heavy atom. The minimum absolute atomic E-state index is 0.120. The number of carbonyl (C=O) groups excluding carboxylic acids is 1. The third-order valence-electron chi connectivity index (χ3n) is 5.96. The highest BCUT2D eigenvalue weighted by atomic mass is 32.2. The Morgan fingerprint density at radius 3 is 2.57 bits per heavy atom. The Kier molecular flexibility index (Phi) is 8.12. The molecule has 4 rings (SSSR count). The van der Waals surface area contributed by atoms with Gasteiger partial charge in [0.05, 0.1) is 6.61 Å². The number of nitrogens with one attached hydrogen (secondary N) is 3. The highest BCUT2D eigenvalue weighted by molar-refractivity contribution is 7.99. The summed E-state index contributed by atoms with van der Waals surface area (Å²) in [5, 5.41) is 14.1. The maximum Gasteiger partial charge on any atom is 0.227 e. The van der Waals surface area contributed by atoms with Crippen molar-refractivity contribution >= 4 is 40.8 Å². The minimum Gasteiger partial charge on any atom is -0.487 e. The molecule has 3 N–H and O–H groups in total. The van der Waals surface area contributed by atoms with E-state index in [1.807, 2.05) is 56.1 Å². The van der Waals surface area contributed by atoms with Crippen molar-refractivity contribution in [1.82, 2.24) is 20.2 Å². The van der Waals surface area contributed by atoms with Gasteiger partial charge in [-0.1, -0.05) is 12.8 Å². The zero-order chi connectivity index (χ0) is 24.8. The predicted octanol–water partition coefficient (Wildman–Crippen LogP) is 5.39. The largest absolute Gasteiger partial charge is 0.487 e. The van der Waals surface area contributed by atoms with E-state index >= 15 is 0 Å².